The predicted molar refractivity (Wildman–Crippen MR) is 60.2 cm³/mol. The molecule has 14 heavy (non-hydrogen) atoms. The van der Waals surface area contributed by atoms with Crippen LogP contribution in [0.3, 0.4) is 0 Å². The Morgan fingerprint density at radius 1 is 0.786 bits per heavy atom. The number of aliphatic hydroxyl groups is 2. The van der Waals surface area contributed by atoms with Gasteiger partial charge in [0, 0.05) is 0 Å². The molecule has 0 spiro atoms. The Morgan fingerprint density at radius 3 is 1.57 bits per heavy atom. The zero-order valence-corrected chi connectivity index (χ0v) is 10.0. The van der Waals surface area contributed by atoms with Crippen LogP contribution < -0.4 is 0 Å². The van der Waals surface area contributed by atoms with Crippen molar-refractivity contribution >= 4 is 0 Å². The monoisotopic (exact) mass is 202 g/mol. The van der Waals surface area contributed by atoms with Gasteiger partial charge in [0.2, 0.25) is 0 Å². The van der Waals surface area contributed by atoms with Crippen LogP contribution in [0.4, 0.5) is 0 Å². The first-order chi connectivity index (χ1) is 6.62. The second-order valence-electron chi connectivity index (χ2n) is 4.11. The fourth-order valence-electron chi connectivity index (χ4n) is 2.27. The van der Waals surface area contributed by atoms with Crippen LogP contribution in [0.2, 0.25) is 0 Å². The average molecular weight is 202 g/mol. The van der Waals surface area contributed by atoms with Crippen molar-refractivity contribution in [2.24, 2.45) is 11.8 Å². The average Bonchev–Trinajstić information content (AvgIpc) is 2.23. The molecule has 0 aliphatic rings. The molecular weight excluding hydrogens is 176 g/mol. The minimum Gasteiger partial charge on any atom is -0.390 e. The first-order valence-electron chi connectivity index (χ1n) is 5.98. The molecule has 0 saturated heterocycles. The number of hydrogen-bond donors (Lipinski definition) is 2. The minimum atomic E-state index is -0.555. The van der Waals surface area contributed by atoms with Crippen molar-refractivity contribution in [3.63, 3.8) is 0 Å². The zero-order valence-electron chi connectivity index (χ0n) is 10.0. The molecule has 3 unspecified atom stereocenters. The zero-order chi connectivity index (χ0) is 11.1. The highest BCUT2D eigenvalue weighted by molar-refractivity contribution is 4.79. The molecule has 2 heteroatoms. The lowest BCUT2D eigenvalue weighted by atomic mass is 9.80. The van der Waals surface area contributed by atoms with Crippen LogP contribution in [-0.2, 0) is 0 Å². The van der Waals surface area contributed by atoms with Crippen LogP contribution in [0.15, 0.2) is 0 Å². The second-order valence-corrected chi connectivity index (χ2v) is 4.11. The highest BCUT2D eigenvalue weighted by Crippen LogP contribution is 2.27. The van der Waals surface area contributed by atoms with Crippen LogP contribution in [0, 0.1) is 11.8 Å². The summed E-state index contributed by atoms with van der Waals surface area (Å²) in [6.07, 6.45) is 2.66. The number of aliphatic hydroxyl groups excluding tert-OH is 2. The standard InChI is InChI=1S/C12H26O2/c1-5-9(6-2)10(7-3)12(14)11(13)8-4/h9-14H,5-8H2,1-4H3. The third kappa shape index (κ3) is 3.58. The van der Waals surface area contributed by atoms with E-state index in [0.717, 1.165) is 19.3 Å². The summed E-state index contributed by atoms with van der Waals surface area (Å²) in [5, 5.41) is 19.6. The lowest BCUT2D eigenvalue weighted by molar-refractivity contribution is -0.0379. The van der Waals surface area contributed by atoms with E-state index in [1.165, 1.54) is 0 Å². The quantitative estimate of drug-likeness (QED) is 0.666. The fourth-order valence-corrected chi connectivity index (χ4v) is 2.27. The van der Waals surface area contributed by atoms with Gasteiger partial charge >= 0.3 is 0 Å². The predicted octanol–water partition coefficient (Wildman–Crippen LogP) is 2.58. The Bertz CT molecular complexity index is 132. The maximum absolute atomic E-state index is 9.96. The lowest BCUT2D eigenvalue weighted by Gasteiger charge is -2.31. The van der Waals surface area contributed by atoms with Crippen molar-refractivity contribution in [3.8, 4) is 0 Å². The third-order valence-electron chi connectivity index (χ3n) is 3.38. The minimum absolute atomic E-state index is 0.250. The van der Waals surface area contributed by atoms with Gasteiger partial charge in [-0.2, -0.15) is 0 Å². The lowest BCUT2D eigenvalue weighted by Crippen LogP contribution is -2.36. The summed E-state index contributed by atoms with van der Waals surface area (Å²) in [4.78, 5) is 0. The molecule has 3 atom stereocenters. The van der Waals surface area contributed by atoms with Gasteiger partial charge in [0.15, 0.2) is 0 Å². The van der Waals surface area contributed by atoms with Crippen molar-refractivity contribution < 1.29 is 10.2 Å². The van der Waals surface area contributed by atoms with Gasteiger partial charge in [0.1, 0.15) is 0 Å². The molecule has 0 heterocycles. The maximum atomic E-state index is 9.96. The maximum Gasteiger partial charge on any atom is 0.0829 e. The summed E-state index contributed by atoms with van der Waals surface area (Å²) >= 11 is 0. The van der Waals surface area contributed by atoms with E-state index in [1.807, 2.05) is 6.92 Å². The van der Waals surface area contributed by atoms with E-state index in [9.17, 15) is 10.2 Å². The molecule has 0 saturated carbocycles. The molecule has 0 aromatic carbocycles. The summed E-state index contributed by atoms with van der Waals surface area (Å²) in [7, 11) is 0. The molecule has 0 aromatic heterocycles. The molecule has 0 bridgehead atoms. The number of hydrogen-bond acceptors (Lipinski definition) is 2. The highest BCUT2D eigenvalue weighted by atomic mass is 16.3. The summed E-state index contributed by atoms with van der Waals surface area (Å²) in [6.45, 7) is 8.31. The van der Waals surface area contributed by atoms with Crippen LogP contribution in [0.25, 0.3) is 0 Å². The molecule has 86 valence electrons. The molecule has 0 aliphatic heterocycles. The van der Waals surface area contributed by atoms with Crippen molar-refractivity contribution in [1.82, 2.24) is 0 Å². The van der Waals surface area contributed by atoms with E-state index in [4.69, 9.17) is 0 Å². The normalized spacial score (nSPS) is 18.2. The van der Waals surface area contributed by atoms with Gasteiger partial charge in [0.25, 0.3) is 0 Å². The molecule has 0 aromatic rings. The van der Waals surface area contributed by atoms with E-state index in [-0.39, 0.29) is 5.92 Å². The molecule has 0 radical (unpaired) electrons. The van der Waals surface area contributed by atoms with E-state index in [2.05, 4.69) is 20.8 Å². The Balaban J connectivity index is 4.36. The topological polar surface area (TPSA) is 40.5 Å². The first kappa shape index (κ1) is 13.9. The van der Waals surface area contributed by atoms with Crippen LogP contribution in [-0.4, -0.2) is 22.4 Å². The molecule has 2 nitrogen and oxygen atoms in total. The van der Waals surface area contributed by atoms with Crippen molar-refractivity contribution in [2.45, 2.75) is 65.6 Å². The van der Waals surface area contributed by atoms with Gasteiger partial charge < -0.3 is 10.2 Å². The molecular formula is C12H26O2. The summed E-state index contributed by atoms with van der Waals surface area (Å²) in [6, 6.07) is 0. The fraction of sp³-hybridized carbons (Fsp3) is 1.00. The van der Waals surface area contributed by atoms with Gasteiger partial charge in [-0.25, -0.2) is 0 Å². The van der Waals surface area contributed by atoms with Crippen LogP contribution >= 0.6 is 0 Å². The molecule has 2 N–H and O–H groups in total. The van der Waals surface area contributed by atoms with E-state index in [1.54, 1.807) is 0 Å². The second kappa shape index (κ2) is 7.24. The third-order valence-corrected chi connectivity index (χ3v) is 3.38. The Labute approximate surface area is 88.3 Å². The highest BCUT2D eigenvalue weighted by Gasteiger charge is 2.28. The van der Waals surface area contributed by atoms with Crippen LogP contribution in [0.1, 0.15) is 53.4 Å². The van der Waals surface area contributed by atoms with Gasteiger partial charge in [-0.05, 0) is 18.3 Å². The van der Waals surface area contributed by atoms with Crippen molar-refractivity contribution in [3.05, 3.63) is 0 Å². The van der Waals surface area contributed by atoms with Gasteiger partial charge in [-0.15, -0.1) is 0 Å². The molecule has 0 amide bonds. The van der Waals surface area contributed by atoms with Gasteiger partial charge in [-0.1, -0.05) is 47.0 Å². The summed E-state index contributed by atoms with van der Waals surface area (Å²) in [5.74, 6) is 0.788. The Morgan fingerprint density at radius 2 is 1.29 bits per heavy atom. The van der Waals surface area contributed by atoms with Gasteiger partial charge in [-0.3, -0.25) is 0 Å². The first-order valence-corrected chi connectivity index (χ1v) is 5.98. The Kier molecular flexibility index (Phi) is 7.20. The largest absolute Gasteiger partial charge is 0.390 e. The molecule has 0 aliphatic carbocycles. The summed E-state index contributed by atoms with van der Waals surface area (Å²) < 4.78 is 0. The smallest absolute Gasteiger partial charge is 0.0829 e. The summed E-state index contributed by atoms with van der Waals surface area (Å²) in [5.41, 5.74) is 0. The van der Waals surface area contributed by atoms with E-state index >= 15 is 0 Å². The van der Waals surface area contributed by atoms with Crippen LogP contribution in [0.5, 0.6) is 0 Å². The Hall–Kier alpha value is -0.0800. The molecule has 0 fully saturated rings. The number of rotatable bonds is 7. The van der Waals surface area contributed by atoms with Crippen molar-refractivity contribution in [1.29, 1.82) is 0 Å². The van der Waals surface area contributed by atoms with E-state index < -0.39 is 12.2 Å². The van der Waals surface area contributed by atoms with Gasteiger partial charge in [0.05, 0.1) is 12.2 Å². The SMILES string of the molecule is CCC(O)C(O)C(CC)C(CC)CC. The van der Waals surface area contributed by atoms with E-state index in [0.29, 0.717) is 12.3 Å². The van der Waals surface area contributed by atoms with Crippen molar-refractivity contribution in [2.75, 3.05) is 0 Å². The molecule has 0 rings (SSSR count).